The normalized spacial score (nSPS) is 17.4. The number of carbonyl (C=O) groups excluding carboxylic acids is 4. The van der Waals surface area contributed by atoms with Gasteiger partial charge in [0.1, 0.15) is 18.4 Å². The summed E-state index contributed by atoms with van der Waals surface area (Å²) in [6.07, 6.45) is 0.0769. The number of benzene rings is 3. The number of phenolic OH excluding ortho intramolecular Hbond substituents is 1. The number of para-hydroxylation sites is 1. The number of phenols is 1. The van der Waals surface area contributed by atoms with Crippen LogP contribution in [0.1, 0.15) is 39.1 Å². The van der Waals surface area contributed by atoms with Gasteiger partial charge in [0, 0.05) is 56.9 Å². The van der Waals surface area contributed by atoms with Gasteiger partial charge >= 0.3 is 0 Å². The van der Waals surface area contributed by atoms with Crippen molar-refractivity contribution in [2.24, 2.45) is 0 Å². The van der Waals surface area contributed by atoms with Crippen molar-refractivity contribution in [3.8, 4) is 22.8 Å². The van der Waals surface area contributed by atoms with E-state index in [1.165, 1.54) is 18.2 Å². The summed E-state index contributed by atoms with van der Waals surface area (Å²) in [4.78, 5) is 55.2. The van der Waals surface area contributed by atoms with E-state index in [4.69, 9.17) is 15.2 Å². The van der Waals surface area contributed by atoms with Crippen LogP contribution in [0.25, 0.3) is 11.3 Å². The van der Waals surface area contributed by atoms with Gasteiger partial charge in [-0.2, -0.15) is 0 Å². The quantitative estimate of drug-likeness (QED) is 0.115. The molecule has 0 saturated carbocycles. The Morgan fingerprint density at radius 2 is 1.64 bits per heavy atom. The van der Waals surface area contributed by atoms with Crippen molar-refractivity contribution in [3.05, 3.63) is 89.0 Å². The molecule has 0 radical (unpaired) electrons. The molecule has 7 rings (SSSR count). The maximum absolute atomic E-state index is 15.0. The highest BCUT2D eigenvalue weighted by molar-refractivity contribution is 6.25. The third-order valence-electron chi connectivity index (χ3n) is 9.66. The van der Waals surface area contributed by atoms with E-state index in [9.17, 15) is 33.1 Å². The molecule has 5 N–H and O–H groups in total. The fourth-order valence-electron chi connectivity index (χ4n) is 6.94. The Hall–Kier alpha value is -6.20. The van der Waals surface area contributed by atoms with Crippen molar-refractivity contribution in [2.45, 2.75) is 25.4 Å². The number of anilines is 3. The Morgan fingerprint density at radius 3 is 2.38 bits per heavy atom. The standard InChI is InChI=1S/C38H38F2N8O7/c39-25-18-22(21-46-11-13-47(14-12-46)30-20-28(44-45-35(30)41)23-4-1-2-7-31(23)49)19-26(40)34(25)55-17-16-54-15-10-42-27-6-3-5-24-33(27)38(53)48(37(24)52)29-8-9-32(50)43-36(29)51/h1-7,18-20,29,42,49H,8-17,21H2,(H2,41,45)(H,43,50,51). The molecule has 4 amide bonds. The minimum Gasteiger partial charge on any atom is -0.507 e. The smallest absolute Gasteiger partial charge is 0.264 e. The van der Waals surface area contributed by atoms with E-state index in [-0.39, 0.29) is 61.9 Å². The van der Waals surface area contributed by atoms with Gasteiger partial charge in [0.2, 0.25) is 11.8 Å². The van der Waals surface area contributed by atoms with Crippen molar-refractivity contribution < 1.29 is 42.5 Å². The molecule has 15 nitrogen and oxygen atoms in total. The van der Waals surface area contributed by atoms with E-state index in [0.29, 0.717) is 60.9 Å². The molecule has 4 aromatic rings. The van der Waals surface area contributed by atoms with E-state index in [1.54, 1.807) is 42.5 Å². The van der Waals surface area contributed by atoms with Gasteiger partial charge in [0.25, 0.3) is 11.8 Å². The molecule has 3 aromatic carbocycles. The predicted molar refractivity (Wildman–Crippen MR) is 195 cm³/mol. The lowest BCUT2D eigenvalue weighted by Crippen LogP contribution is -2.54. The fourth-order valence-corrected chi connectivity index (χ4v) is 6.94. The molecule has 0 bridgehead atoms. The molecule has 0 spiro atoms. The number of nitrogen functional groups attached to an aromatic ring is 1. The number of rotatable bonds is 13. The SMILES string of the molecule is Nc1nnc(-c2ccccc2O)cc1N1CCN(Cc2cc(F)c(OCCOCCNc3cccc4c3C(=O)N(C3CCC(=O)NC3=O)C4=O)c(F)c2)CC1. The Labute approximate surface area is 314 Å². The number of piperidine rings is 1. The zero-order valence-corrected chi connectivity index (χ0v) is 29.6. The van der Waals surface area contributed by atoms with Crippen LogP contribution >= 0.6 is 0 Å². The Kier molecular flexibility index (Phi) is 10.8. The van der Waals surface area contributed by atoms with Gasteiger partial charge in [0.05, 0.1) is 35.7 Å². The Bertz CT molecular complexity index is 2120. The van der Waals surface area contributed by atoms with Crippen LogP contribution < -0.4 is 26.0 Å². The second-order valence-electron chi connectivity index (χ2n) is 13.2. The summed E-state index contributed by atoms with van der Waals surface area (Å²) in [6, 6.07) is 14.8. The van der Waals surface area contributed by atoms with Crippen LogP contribution in [0.2, 0.25) is 0 Å². The molecular formula is C38H38F2N8O7. The lowest BCUT2D eigenvalue weighted by molar-refractivity contribution is -0.136. The lowest BCUT2D eigenvalue weighted by atomic mass is 10.0. The number of carbonyl (C=O) groups is 4. The van der Waals surface area contributed by atoms with Crippen LogP contribution in [0, 0.1) is 11.6 Å². The van der Waals surface area contributed by atoms with Crippen LogP contribution in [0.5, 0.6) is 11.5 Å². The minimum absolute atomic E-state index is 0.0196. The van der Waals surface area contributed by atoms with E-state index >= 15 is 0 Å². The monoisotopic (exact) mass is 756 g/mol. The first kappa shape index (κ1) is 37.1. The van der Waals surface area contributed by atoms with Gasteiger partial charge in [-0.05, 0) is 54.4 Å². The average molecular weight is 757 g/mol. The molecule has 286 valence electrons. The highest BCUT2D eigenvalue weighted by Gasteiger charge is 2.45. The molecule has 4 heterocycles. The summed E-state index contributed by atoms with van der Waals surface area (Å²) >= 11 is 0. The van der Waals surface area contributed by atoms with Crippen LogP contribution in [-0.2, 0) is 20.9 Å². The van der Waals surface area contributed by atoms with Crippen LogP contribution in [-0.4, -0.2) is 107 Å². The van der Waals surface area contributed by atoms with Crippen molar-refractivity contribution in [1.29, 1.82) is 0 Å². The largest absolute Gasteiger partial charge is 0.507 e. The van der Waals surface area contributed by atoms with Crippen LogP contribution in [0.4, 0.5) is 26.0 Å². The van der Waals surface area contributed by atoms with Gasteiger partial charge in [0.15, 0.2) is 23.2 Å². The number of piperazine rings is 1. The maximum atomic E-state index is 15.0. The zero-order valence-electron chi connectivity index (χ0n) is 29.6. The number of nitrogens with one attached hydrogen (secondary N) is 2. The highest BCUT2D eigenvalue weighted by Crippen LogP contribution is 2.34. The third kappa shape index (κ3) is 7.88. The second kappa shape index (κ2) is 16.0. The van der Waals surface area contributed by atoms with Crippen molar-refractivity contribution >= 4 is 40.8 Å². The number of hydrogen-bond acceptors (Lipinski definition) is 13. The summed E-state index contributed by atoms with van der Waals surface area (Å²) in [5.74, 6) is -4.18. The third-order valence-corrected chi connectivity index (χ3v) is 9.66. The molecule has 55 heavy (non-hydrogen) atoms. The van der Waals surface area contributed by atoms with E-state index in [2.05, 4.69) is 30.6 Å². The van der Waals surface area contributed by atoms with Gasteiger partial charge in [-0.3, -0.25) is 34.3 Å². The number of fused-ring (bicyclic) bond motifs is 1. The Morgan fingerprint density at radius 1 is 0.891 bits per heavy atom. The topological polar surface area (TPSA) is 193 Å². The molecule has 0 aliphatic carbocycles. The molecule has 3 aliphatic rings. The van der Waals surface area contributed by atoms with Gasteiger partial charge in [-0.25, -0.2) is 8.78 Å². The molecule has 2 fully saturated rings. The molecule has 1 unspecified atom stereocenters. The van der Waals surface area contributed by atoms with Crippen molar-refractivity contribution in [1.82, 2.24) is 25.3 Å². The number of nitrogens with two attached hydrogens (primary N) is 1. The van der Waals surface area contributed by atoms with Gasteiger partial charge < -0.3 is 30.5 Å². The second-order valence-corrected chi connectivity index (χ2v) is 13.2. The summed E-state index contributed by atoms with van der Waals surface area (Å²) in [5.41, 5.74) is 9.00. The first-order valence-electron chi connectivity index (χ1n) is 17.7. The van der Waals surface area contributed by atoms with E-state index in [1.807, 2.05) is 0 Å². The maximum Gasteiger partial charge on any atom is 0.264 e. The van der Waals surface area contributed by atoms with E-state index < -0.39 is 47.1 Å². The fraction of sp³-hybridized carbons (Fsp3) is 0.316. The van der Waals surface area contributed by atoms with Gasteiger partial charge in [-0.1, -0.05) is 18.2 Å². The first-order chi connectivity index (χ1) is 26.6. The highest BCUT2D eigenvalue weighted by atomic mass is 19.1. The molecule has 1 aromatic heterocycles. The number of imide groups is 2. The van der Waals surface area contributed by atoms with Crippen LogP contribution in [0.3, 0.4) is 0 Å². The number of ether oxygens (including phenoxy) is 2. The number of aromatic hydroxyl groups is 1. The van der Waals surface area contributed by atoms with E-state index in [0.717, 1.165) is 4.90 Å². The summed E-state index contributed by atoms with van der Waals surface area (Å²) in [6.45, 7) is 2.98. The van der Waals surface area contributed by atoms with Crippen LogP contribution in [0.15, 0.2) is 60.7 Å². The number of aromatic nitrogens is 2. The Balaban J connectivity index is 0.852. The molecule has 1 atom stereocenters. The molecular weight excluding hydrogens is 718 g/mol. The average Bonchev–Trinajstić information content (AvgIpc) is 3.42. The van der Waals surface area contributed by atoms with Crippen molar-refractivity contribution in [3.63, 3.8) is 0 Å². The van der Waals surface area contributed by atoms with Gasteiger partial charge in [-0.15, -0.1) is 10.2 Å². The number of hydrogen-bond donors (Lipinski definition) is 4. The summed E-state index contributed by atoms with van der Waals surface area (Å²) in [7, 11) is 0. The summed E-state index contributed by atoms with van der Waals surface area (Å²) in [5, 5.41) is 23.7. The zero-order chi connectivity index (χ0) is 38.6. The molecule has 3 aliphatic heterocycles. The number of nitrogens with zero attached hydrogens (tertiary/aromatic N) is 5. The first-order valence-corrected chi connectivity index (χ1v) is 17.7. The number of amides is 4. The lowest BCUT2D eigenvalue weighted by Gasteiger charge is -2.36. The van der Waals surface area contributed by atoms with Crippen molar-refractivity contribution in [2.75, 3.05) is 68.5 Å². The molecule has 2 saturated heterocycles. The summed E-state index contributed by atoms with van der Waals surface area (Å²) < 4.78 is 40.9. The minimum atomic E-state index is -1.07. The number of halogens is 2. The molecule has 17 heteroatoms. The predicted octanol–water partition coefficient (Wildman–Crippen LogP) is 2.94.